The van der Waals surface area contributed by atoms with Crippen molar-refractivity contribution in [3.63, 3.8) is 0 Å². The van der Waals surface area contributed by atoms with Gasteiger partial charge in [0.15, 0.2) is 0 Å². The molecule has 0 bridgehead atoms. The standard InChI is InChI=1S/C22H24N2O3S/c23-14-13-16-5-7-19(8-6-16)26-21-15-24-22(28-21)27-20-11-9-18(10-12-20)25-17-3-1-2-4-17/h5-12,15,17H,1-4,13-14,23H2. The van der Waals surface area contributed by atoms with Crippen molar-refractivity contribution in [1.29, 1.82) is 0 Å². The summed E-state index contributed by atoms with van der Waals surface area (Å²) >= 11 is 1.36. The first kappa shape index (κ1) is 18.8. The highest BCUT2D eigenvalue weighted by Crippen LogP contribution is 2.35. The Bertz CT molecular complexity index is 872. The van der Waals surface area contributed by atoms with Crippen LogP contribution in [0.5, 0.6) is 27.5 Å². The molecule has 0 spiro atoms. The van der Waals surface area contributed by atoms with E-state index in [1.54, 1.807) is 6.20 Å². The molecular weight excluding hydrogens is 372 g/mol. The van der Waals surface area contributed by atoms with Gasteiger partial charge in [-0.05, 0) is 91.9 Å². The second-order valence-corrected chi connectivity index (χ2v) is 7.78. The molecule has 146 valence electrons. The van der Waals surface area contributed by atoms with Gasteiger partial charge in [-0.2, -0.15) is 0 Å². The second kappa shape index (κ2) is 9.08. The number of hydrogen-bond donors (Lipinski definition) is 1. The van der Waals surface area contributed by atoms with Crippen molar-refractivity contribution in [2.75, 3.05) is 6.54 Å². The molecule has 0 aliphatic heterocycles. The van der Waals surface area contributed by atoms with E-state index in [1.807, 2.05) is 48.5 Å². The smallest absolute Gasteiger partial charge is 0.282 e. The van der Waals surface area contributed by atoms with Crippen molar-refractivity contribution >= 4 is 11.3 Å². The van der Waals surface area contributed by atoms with Gasteiger partial charge >= 0.3 is 0 Å². The first-order chi connectivity index (χ1) is 13.8. The summed E-state index contributed by atoms with van der Waals surface area (Å²) in [6.07, 6.45) is 7.71. The summed E-state index contributed by atoms with van der Waals surface area (Å²) in [5.41, 5.74) is 6.77. The van der Waals surface area contributed by atoms with Crippen LogP contribution in [0, 0.1) is 0 Å². The molecule has 1 fully saturated rings. The lowest BCUT2D eigenvalue weighted by molar-refractivity contribution is 0.210. The van der Waals surface area contributed by atoms with Gasteiger partial charge in [0.25, 0.3) is 5.19 Å². The lowest BCUT2D eigenvalue weighted by Gasteiger charge is -2.13. The van der Waals surface area contributed by atoms with E-state index in [4.69, 9.17) is 19.9 Å². The van der Waals surface area contributed by atoms with Crippen molar-refractivity contribution in [3.8, 4) is 27.5 Å². The molecule has 5 nitrogen and oxygen atoms in total. The SMILES string of the molecule is NCCc1ccc(Oc2cnc(Oc3ccc(OC4CCCC4)cc3)s2)cc1. The molecule has 4 rings (SSSR count). The van der Waals surface area contributed by atoms with Crippen molar-refractivity contribution in [2.45, 2.75) is 38.2 Å². The number of rotatable bonds is 8. The third-order valence-electron chi connectivity index (χ3n) is 4.67. The number of ether oxygens (including phenoxy) is 3. The predicted octanol–water partition coefficient (Wildman–Crippen LogP) is 5.55. The maximum Gasteiger partial charge on any atom is 0.282 e. The molecule has 1 saturated carbocycles. The molecule has 2 N–H and O–H groups in total. The molecule has 28 heavy (non-hydrogen) atoms. The molecule has 0 unspecified atom stereocenters. The lowest BCUT2D eigenvalue weighted by Crippen LogP contribution is -2.10. The van der Waals surface area contributed by atoms with Gasteiger partial charge in [-0.25, -0.2) is 4.98 Å². The Morgan fingerprint density at radius 2 is 1.54 bits per heavy atom. The van der Waals surface area contributed by atoms with Crippen LogP contribution in [-0.4, -0.2) is 17.6 Å². The number of aromatic nitrogens is 1. The van der Waals surface area contributed by atoms with Crippen LogP contribution in [0.2, 0.25) is 0 Å². The first-order valence-corrected chi connectivity index (χ1v) is 10.5. The molecule has 1 aliphatic carbocycles. The zero-order chi connectivity index (χ0) is 19.2. The molecular formula is C22H24N2O3S. The fourth-order valence-corrected chi connectivity index (χ4v) is 3.89. The minimum Gasteiger partial charge on any atom is -0.490 e. The van der Waals surface area contributed by atoms with E-state index in [0.717, 1.165) is 36.5 Å². The van der Waals surface area contributed by atoms with Gasteiger partial charge in [-0.1, -0.05) is 12.1 Å². The zero-order valence-electron chi connectivity index (χ0n) is 15.7. The Morgan fingerprint density at radius 3 is 2.25 bits per heavy atom. The summed E-state index contributed by atoms with van der Waals surface area (Å²) in [6.45, 7) is 0.642. The van der Waals surface area contributed by atoms with Crippen LogP contribution in [0.15, 0.2) is 54.7 Å². The first-order valence-electron chi connectivity index (χ1n) is 9.66. The maximum absolute atomic E-state index is 5.98. The average molecular weight is 397 g/mol. The average Bonchev–Trinajstić information content (AvgIpc) is 3.37. The monoisotopic (exact) mass is 396 g/mol. The van der Waals surface area contributed by atoms with E-state index in [0.29, 0.717) is 22.9 Å². The summed E-state index contributed by atoms with van der Waals surface area (Å²) < 4.78 is 17.7. The van der Waals surface area contributed by atoms with E-state index in [2.05, 4.69) is 4.98 Å². The number of thiazole rings is 1. The quantitative estimate of drug-likeness (QED) is 0.541. The van der Waals surface area contributed by atoms with Crippen molar-refractivity contribution < 1.29 is 14.2 Å². The molecule has 2 aromatic carbocycles. The highest BCUT2D eigenvalue weighted by atomic mass is 32.1. The molecule has 1 heterocycles. The summed E-state index contributed by atoms with van der Waals surface area (Å²) in [5, 5.41) is 1.22. The van der Waals surface area contributed by atoms with Crippen LogP contribution in [0.1, 0.15) is 31.2 Å². The zero-order valence-corrected chi connectivity index (χ0v) is 16.5. The van der Waals surface area contributed by atoms with Crippen LogP contribution in [0.3, 0.4) is 0 Å². The summed E-state index contributed by atoms with van der Waals surface area (Å²) in [5.74, 6) is 2.38. The van der Waals surface area contributed by atoms with Crippen molar-refractivity contribution in [1.82, 2.24) is 4.98 Å². The highest BCUT2D eigenvalue weighted by molar-refractivity contribution is 7.15. The molecule has 1 aliphatic rings. The third-order valence-corrected chi connectivity index (χ3v) is 5.43. The van der Waals surface area contributed by atoms with Crippen molar-refractivity contribution in [3.05, 3.63) is 60.3 Å². The number of hydrogen-bond acceptors (Lipinski definition) is 6. The Hall–Kier alpha value is -2.57. The predicted molar refractivity (Wildman–Crippen MR) is 111 cm³/mol. The van der Waals surface area contributed by atoms with Gasteiger partial charge < -0.3 is 19.9 Å². The molecule has 0 saturated heterocycles. The number of nitrogens with two attached hydrogens (primary N) is 1. The molecule has 0 radical (unpaired) electrons. The van der Waals surface area contributed by atoms with Crippen LogP contribution in [0.4, 0.5) is 0 Å². The maximum atomic E-state index is 5.98. The van der Waals surface area contributed by atoms with Crippen LogP contribution >= 0.6 is 11.3 Å². The van der Waals surface area contributed by atoms with Gasteiger partial charge in [-0.15, -0.1) is 0 Å². The largest absolute Gasteiger partial charge is 0.490 e. The number of nitrogens with zero attached hydrogens (tertiary/aromatic N) is 1. The molecule has 0 amide bonds. The van der Waals surface area contributed by atoms with Crippen molar-refractivity contribution in [2.24, 2.45) is 5.73 Å². The fourth-order valence-electron chi connectivity index (χ4n) is 3.23. The van der Waals surface area contributed by atoms with Gasteiger partial charge in [0.2, 0.25) is 5.06 Å². The fraction of sp³-hybridized carbons (Fsp3) is 0.318. The van der Waals surface area contributed by atoms with Gasteiger partial charge in [0.05, 0.1) is 12.3 Å². The highest BCUT2D eigenvalue weighted by Gasteiger charge is 2.16. The molecule has 1 aromatic heterocycles. The minimum absolute atomic E-state index is 0.356. The van der Waals surface area contributed by atoms with E-state index in [9.17, 15) is 0 Å². The van der Waals surface area contributed by atoms with Gasteiger partial charge in [-0.3, -0.25) is 0 Å². The Morgan fingerprint density at radius 1 is 0.893 bits per heavy atom. The van der Waals surface area contributed by atoms with Gasteiger partial charge in [0, 0.05) is 0 Å². The lowest BCUT2D eigenvalue weighted by atomic mass is 10.1. The Kier molecular flexibility index (Phi) is 6.09. The minimum atomic E-state index is 0.356. The van der Waals surface area contributed by atoms with Crippen LogP contribution in [0.25, 0.3) is 0 Å². The molecule has 6 heteroatoms. The topological polar surface area (TPSA) is 66.6 Å². The second-order valence-electron chi connectivity index (χ2n) is 6.83. The van der Waals surface area contributed by atoms with Crippen LogP contribution < -0.4 is 19.9 Å². The number of benzene rings is 2. The van der Waals surface area contributed by atoms with E-state index in [1.165, 1.54) is 29.7 Å². The van der Waals surface area contributed by atoms with E-state index < -0.39 is 0 Å². The summed E-state index contributed by atoms with van der Waals surface area (Å²) in [7, 11) is 0. The Labute approximate surface area is 169 Å². The molecule has 0 atom stereocenters. The summed E-state index contributed by atoms with van der Waals surface area (Å²) in [6, 6.07) is 15.6. The molecule has 3 aromatic rings. The van der Waals surface area contributed by atoms with E-state index >= 15 is 0 Å². The third kappa shape index (κ3) is 5.03. The van der Waals surface area contributed by atoms with Gasteiger partial charge in [0.1, 0.15) is 17.2 Å². The van der Waals surface area contributed by atoms with Crippen LogP contribution in [-0.2, 0) is 6.42 Å². The normalized spacial score (nSPS) is 14.2. The Balaban J connectivity index is 1.32. The summed E-state index contributed by atoms with van der Waals surface area (Å²) in [4.78, 5) is 4.28. The van der Waals surface area contributed by atoms with E-state index in [-0.39, 0.29) is 0 Å².